The van der Waals surface area contributed by atoms with Crippen molar-refractivity contribution < 1.29 is 19.1 Å². The third-order valence-corrected chi connectivity index (χ3v) is 19.6. The molecule has 1 N–H and O–H groups in total. The average molecular weight is 685 g/mol. The molecule has 4 saturated carbocycles. The van der Waals surface area contributed by atoms with E-state index in [1.807, 2.05) is 6.08 Å². The highest BCUT2D eigenvalue weighted by Gasteiger charge is 2.63. The molecule has 4 fully saturated rings. The van der Waals surface area contributed by atoms with E-state index < -0.39 is 8.32 Å². The molecule has 5 heteroatoms. The van der Waals surface area contributed by atoms with Crippen LogP contribution in [-0.4, -0.2) is 38.9 Å². The lowest BCUT2D eigenvalue weighted by Gasteiger charge is -2.63. The Morgan fingerprint density at radius 3 is 2.18 bits per heavy atom. The molecule has 0 radical (unpaired) electrons. The first-order chi connectivity index (χ1) is 23.4. The number of carbonyl (C=O) groups excluding carboxylic acids is 1. The molecule has 0 amide bonds. The molecule has 0 aromatic heterocycles. The van der Waals surface area contributed by atoms with Crippen LogP contribution in [0.5, 0.6) is 0 Å². The summed E-state index contributed by atoms with van der Waals surface area (Å²) in [5.41, 5.74) is 0.642. The smallest absolute Gasteiger partial charge is 0.305 e. The second-order valence-corrected chi connectivity index (χ2v) is 21.8. The molecule has 9 unspecified atom stereocenters. The number of benzene rings is 2. The summed E-state index contributed by atoms with van der Waals surface area (Å²) in [4.78, 5) is 24.9. The zero-order chi connectivity index (χ0) is 35.0. The molecule has 0 aliphatic heterocycles. The number of rotatable bonds is 12. The highest BCUT2D eigenvalue weighted by atomic mass is 28.4. The highest BCUT2D eigenvalue weighted by molar-refractivity contribution is 6.98. The summed E-state index contributed by atoms with van der Waals surface area (Å²) in [6, 6.07) is 21.1. The van der Waals surface area contributed by atoms with Crippen LogP contribution in [0.15, 0.2) is 73.3 Å². The number of ether oxygens (including phenoxy) is 2. The Bertz CT molecular complexity index is 1390. The number of methoxy groups -OCH3 is 1. The minimum absolute atomic E-state index is 0.0782. The highest BCUT2D eigenvalue weighted by Crippen LogP contribution is 2.69. The summed E-state index contributed by atoms with van der Waals surface area (Å²) in [5, 5.41) is 2.01. The van der Waals surface area contributed by atoms with Crippen LogP contribution in [0.3, 0.4) is 0 Å². The van der Waals surface area contributed by atoms with E-state index in [0.717, 1.165) is 29.6 Å². The molecule has 0 heterocycles. The quantitative estimate of drug-likeness (QED) is 0.138. The number of carbonyl (C=O) groups is 1. The molecular weight excluding hydrogens is 621 g/mol. The first-order valence-corrected chi connectivity index (χ1v) is 21.5. The molecule has 4 nitrogen and oxygen atoms in total. The van der Waals surface area contributed by atoms with Gasteiger partial charge in [0.05, 0.1) is 19.8 Å². The van der Waals surface area contributed by atoms with Gasteiger partial charge in [0.2, 0.25) is 0 Å². The van der Waals surface area contributed by atoms with Gasteiger partial charge in [-0.15, -0.1) is 6.58 Å². The van der Waals surface area contributed by atoms with Gasteiger partial charge in [-0.05, 0) is 132 Å². The molecule has 0 spiro atoms. The zero-order valence-electron chi connectivity index (χ0n) is 31.3. The fourth-order valence-corrected chi connectivity index (χ4v) is 16.5. The van der Waals surface area contributed by atoms with Crippen LogP contribution in [0.4, 0.5) is 0 Å². The Balaban J connectivity index is 1.23. The molecule has 268 valence electrons. The SMILES string of the molecule is C=CCOC1CC2CC(CC(C)(C)[Si](O)(c3ccccc3)c3ccccc3)CCC2(C)C2CCC3(C)C(CCC3[C@H](C)CCC(=O)OC)C12. The molecule has 2 aromatic carbocycles. The van der Waals surface area contributed by atoms with E-state index in [1.54, 1.807) is 0 Å². The van der Waals surface area contributed by atoms with E-state index in [4.69, 9.17) is 9.47 Å². The van der Waals surface area contributed by atoms with Crippen molar-refractivity contribution in [3.8, 4) is 0 Å². The van der Waals surface area contributed by atoms with Gasteiger partial charge in [-0.2, -0.15) is 0 Å². The number of esters is 1. The molecular formula is C44H64O4Si. The predicted octanol–water partition coefficient (Wildman–Crippen LogP) is 8.95. The van der Waals surface area contributed by atoms with Crippen molar-refractivity contribution in [1.29, 1.82) is 0 Å². The lowest BCUT2D eigenvalue weighted by atomic mass is 9.43. The number of hydrogen-bond acceptors (Lipinski definition) is 4. The Morgan fingerprint density at radius 2 is 1.57 bits per heavy atom. The van der Waals surface area contributed by atoms with E-state index in [9.17, 15) is 9.59 Å². The molecule has 49 heavy (non-hydrogen) atoms. The summed E-state index contributed by atoms with van der Waals surface area (Å²) in [6.07, 6.45) is 14.8. The fourth-order valence-electron chi connectivity index (χ4n) is 12.6. The van der Waals surface area contributed by atoms with Gasteiger partial charge in [0.1, 0.15) is 0 Å². The van der Waals surface area contributed by atoms with Gasteiger partial charge < -0.3 is 14.3 Å². The van der Waals surface area contributed by atoms with Crippen LogP contribution in [-0.2, 0) is 14.3 Å². The minimum atomic E-state index is -3.05. The van der Waals surface area contributed by atoms with E-state index in [-0.39, 0.29) is 17.1 Å². The molecule has 10 atom stereocenters. The lowest BCUT2D eigenvalue weighted by molar-refractivity contribution is -0.182. The fraction of sp³-hybridized carbons (Fsp3) is 0.659. The van der Waals surface area contributed by atoms with Crippen LogP contribution >= 0.6 is 0 Å². The van der Waals surface area contributed by atoms with Gasteiger partial charge in [0, 0.05) is 6.42 Å². The van der Waals surface area contributed by atoms with Crippen LogP contribution in [0.1, 0.15) is 105 Å². The first kappa shape index (κ1) is 36.6. The van der Waals surface area contributed by atoms with Gasteiger partial charge in [0.25, 0.3) is 8.32 Å². The van der Waals surface area contributed by atoms with E-state index in [1.165, 1.54) is 52.1 Å². The average Bonchev–Trinajstić information content (AvgIpc) is 3.47. The first-order valence-electron chi connectivity index (χ1n) is 19.5. The molecule has 2 aromatic rings. The van der Waals surface area contributed by atoms with Crippen molar-refractivity contribution >= 4 is 24.7 Å². The summed E-state index contributed by atoms with van der Waals surface area (Å²) in [6.45, 7) is 17.0. The van der Waals surface area contributed by atoms with Gasteiger partial charge in [-0.25, -0.2) is 0 Å². The van der Waals surface area contributed by atoms with Crippen molar-refractivity contribution in [3.63, 3.8) is 0 Å². The monoisotopic (exact) mass is 684 g/mol. The predicted molar refractivity (Wildman–Crippen MR) is 203 cm³/mol. The maximum absolute atomic E-state index is 12.9. The standard InChI is InChI=1S/C44H64O4Si/c1-8-27-48-39-29-33-28-32(30-42(3,4)49(46,34-15-11-9-12-16-34)35-17-13-10-14-18-35)23-25-43(33,5)38-24-26-44(6)36(20-21-37(44)41(38)39)31(2)19-22-40(45)47-7/h8-18,31-33,36-39,41,46H,1,19-30H2,2-7H3/t31-,32?,33?,36?,37?,38?,39?,41?,43?,44?/m1/s1. The van der Waals surface area contributed by atoms with Gasteiger partial charge >= 0.3 is 5.97 Å². The second kappa shape index (κ2) is 14.4. The molecule has 0 bridgehead atoms. The van der Waals surface area contributed by atoms with Crippen LogP contribution in [0.25, 0.3) is 0 Å². The van der Waals surface area contributed by atoms with Gasteiger partial charge in [0.15, 0.2) is 0 Å². The molecule has 4 aliphatic rings. The van der Waals surface area contributed by atoms with E-state index in [2.05, 4.69) is 102 Å². The van der Waals surface area contributed by atoms with Gasteiger partial charge in [-0.1, -0.05) is 101 Å². The maximum Gasteiger partial charge on any atom is 0.305 e. The third kappa shape index (κ3) is 6.55. The van der Waals surface area contributed by atoms with E-state index in [0.29, 0.717) is 65.3 Å². The molecule has 6 rings (SSSR count). The van der Waals surface area contributed by atoms with E-state index >= 15 is 0 Å². The van der Waals surface area contributed by atoms with Crippen LogP contribution < -0.4 is 10.4 Å². The zero-order valence-corrected chi connectivity index (χ0v) is 32.3. The van der Waals surface area contributed by atoms with Crippen LogP contribution in [0.2, 0.25) is 5.04 Å². The van der Waals surface area contributed by atoms with Gasteiger partial charge in [-0.3, -0.25) is 4.79 Å². The van der Waals surface area contributed by atoms with Crippen LogP contribution in [0, 0.1) is 52.3 Å². The third-order valence-electron chi connectivity index (χ3n) is 15.1. The number of hydrogen-bond donors (Lipinski definition) is 1. The summed E-state index contributed by atoms with van der Waals surface area (Å²) >= 11 is 0. The molecule has 0 saturated heterocycles. The van der Waals surface area contributed by atoms with Crippen molar-refractivity contribution in [2.45, 2.75) is 116 Å². The second-order valence-electron chi connectivity index (χ2n) is 17.9. The maximum atomic E-state index is 12.9. The minimum Gasteiger partial charge on any atom is -0.469 e. The summed E-state index contributed by atoms with van der Waals surface area (Å²) < 4.78 is 11.8. The summed E-state index contributed by atoms with van der Waals surface area (Å²) in [7, 11) is -1.54. The lowest BCUT2D eigenvalue weighted by Crippen LogP contribution is -2.65. The molecule has 4 aliphatic carbocycles. The largest absolute Gasteiger partial charge is 0.469 e. The Hall–Kier alpha value is -2.21. The normalized spacial score (nSPS) is 35.0. The Morgan fingerprint density at radius 1 is 0.959 bits per heavy atom. The Kier molecular flexibility index (Phi) is 10.8. The Labute approximate surface area is 298 Å². The summed E-state index contributed by atoms with van der Waals surface area (Å²) in [5.74, 6) is 4.31. The van der Waals surface area contributed by atoms with Crippen molar-refractivity contribution in [2.24, 2.45) is 52.3 Å². The van der Waals surface area contributed by atoms with Crippen molar-refractivity contribution in [2.75, 3.05) is 13.7 Å². The topological polar surface area (TPSA) is 55.8 Å². The number of fused-ring (bicyclic) bond motifs is 5. The van der Waals surface area contributed by atoms with Crippen molar-refractivity contribution in [1.82, 2.24) is 0 Å². The van der Waals surface area contributed by atoms with Crippen molar-refractivity contribution in [3.05, 3.63) is 73.3 Å².